The summed E-state index contributed by atoms with van der Waals surface area (Å²) < 4.78 is 0. The summed E-state index contributed by atoms with van der Waals surface area (Å²) in [6.45, 7) is 9.88. The third-order valence-corrected chi connectivity index (χ3v) is 1.37. The van der Waals surface area contributed by atoms with Crippen molar-refractivity contribution in [2.75, 3.05) is 5.32 Å². The van der Waals surface area contributed by atoms with Crippen molar-refractivity contribution >= 4 is 12.1 Å². The van der Waals surface area contributed by atoms with Crippen LogP contribution in [-0.2, 0) is 4.79 Å². The molecule has 1 amide bonds. The first-order chi connectivity index (χ1) is 7.24. The van der Waals surface area contributed by atoms with Crippen LogP contribution < -0.4 is 5.32 Å². The molecule has 0 unspecified atom stereocenters. The number of hydrogen-bond acceptors (Lipinski definition) is 2. The molecule has 0 saturated carbocycles. The number of nitrogens with one attached hydrogen (secondary N) is 1. The third-order valence-electron chi connectivity index (χ3n) is 1.37. The monoisotopic (exact) mass is 211 g/mol. The predicted molar refractivity (Wildman–Crippen MR) is 65.2 cm³/mol. The van der Waals surface area contributed by atoms with Gasteiger partial charge in [-0.3, -0.25) is 4.79 Å². The molecule has 2 N–H and O–H groups in total. The summed E-state index contributed by atoms with van der Waals surface area (Å²) in [6, 6.07) is 5.01. The molecule has 0 aliphatic carbocycles. The number of carbonyl (C=O) groups excluding carboxylic acids is 1. The van der Waals surface area contributed by atoms with Crippen LogP contribution in [0.4, 0.5) is 5.69 Å². The van der Waals surface area contributed by atoms with Gasteiger partial charge in [0.1, 0.15) is 5.75 Å². The Kier molecular flexibility index (Phi) is 11.2. The molecule has 3 nitrogen and oxygen atoms in total. The standard InChI is InChI=1S/C8H9NO2.2C2H6/c1-6-2-3-8(11)7(4-6)9-5-10;2*1-2/h2-5,11H,1H3,(H,9,10);2*1-2H3. The summed E-state index contributed by atoms with van der Waals surface area (Å²) in [5.74, 6) is 0.0858. The lowest BCUT2D eigenvalue weighted by Gasteiger charge is -2.02. The van der Waals surface area contributed by atoms with Gasteiger partial charge in [0.05, 0.1) is 5.69 Å². The largest absolute Gasteiger partial charge is 0.506 e. The Morgan fingerprint density at radius 1 is 1.20 bits per heavy atom. The van der Waals surface area contributed by atoms with E-state index in [1.54, 1.807) is 18.2 Å². The molecular formula is C12H21NO2. The quantitative estimate of drug-likeness (QED) is 0.582. The highest BCUT2D eigenvalue weighted by Crippen LogP contribution is 2.22. The molecule has 0 spiro atoms. The molecule has 0 heterocycles. The maximum atomic E-state index is 10.0. The summed E-state index contributed by atoms with van der Waals surface area (Å²) in [5.41, 5.74) is 1.44. The van der Waals surface area contributed by atoms with Gasteiger partial charge < -0.3 is 10.4 Å². The first-order valence-corrected chi connectivity index (χ1v) is 5.24. The summed E-state index contributed by atoms with van der Waals surface area (Å²) in [5, 5.41) is 11.5. The van der Waals surface area contributed by atoms with E-state index in [1.165, 1.54) is 0 Å². The summed E-state index contributed by atoms with van der Waals surface area (Å²) >= 11 is 0. The fourth-order valence-corrected chi connectivity index (χ4v) is 0.829. The van der Waals surface area contributed by atoms with Crippen molar-refractivity contribution in [3.05, 3.63) is 23.8 Å². The molecule has 1 rings (SSSR count). The number of amides is 1. The topological polar surface area (TPSA) is 49.3 Å². The second-order valence-electron chi connectivity index (χ2n) is 2.28. The zero-order chi connectivity index (χ0) is 12.3. The molecule has 86 valence electrons. The molecule has 1 aromatic rings. The molecule has 0 aliphatic rings. The van der Waals surface area contributed by atoms with E-state index in [0.717, 1.165) is 5.56 Å². The van der Waals surface area contributed by atoms with Crippen LogP contribution >= 0.6 is 0 Å². The van der Waals surface area contributed by atoms with Crippen molar-refractivity contribution in [2.45, 2.75) is 34.6 Å². The van der Waals surface area contributed by atoms with Crippen molar-refractivity contribution in [1.82, 2.24) is 0 Å². The number of hydrogen-bond donors (Lipinski definition) is 2. The number of phenols is 1. The molecule has 0 bridgehead atoms. The van der Waals surface area contributed by atoms with Crippen LogP contribution in [-0.4, -0.2) is 11.5 Å². The number of carbonyl (C=O) groups is 1. The van der Waals surface area contributed by atoms with Gasteiger partial charge in [0.25, 0.3) is 0 Å². The zero-order valence-corrected chi connectivity index (χ0v) is 10.2. The van der Waals surface area contributed by atoms with Crippen LogP contribution in [0.3, 0.4) is 0 Å². The zero-order valence-electron chi connectivity index (χ0n) is 10.2. The van der Waals surface area contributed by atoms with Gasteiger partial charge in [-0.15, -0.1) is 0 Å². The van der Waals surface area contributed by atoms with E-state index in [9.17, 15) is 4.79 Å². The maximum absolute atomic E-state index is 10.0. The van der Waals surface area contributed by atoms with Gasteiger partial charge in [-0.25, -0.2) is 0 Å². The molecule has 0 atom stereocenters. The van der Waals surface area contributed by atoms with Gasteiger partial charge in [0.2, 0.25) is 6.41 Å². The second kappa shape index (κ2) is 10.6. The summed E-state index contributed by atoms with van der Waals surface area (Å²) in [7, 11) is 0. The normalized spacial score (nSPS) is 7.53. The number of aromatic hydroxyl groups is 1. The van der Waals surface area contributed by atoms with Gasteiger partial charge in [-0.05, 0) is 24.6 Å². The maximum Gasteiger partial charge on any atom is 0.211 e. The van der Waals surface area contributed by atoms with Crippen LogP contribution in [0.5, 0.6) is 5.75 Å². The predicted octanol–water partition coefficient (Wildman–Crippen LogP) is 3.32. The molecule has 0 fully saturated rings. The van der Waals surface area contributed by atoms with E-state index in [0.29, 0.717) is 12.1 Å². The van der Waals surface area contributed by atoms with Crippen molar-refractivity contribution in [3.8, 4) is 5.75 Å². The lowest BCUT2D eigenvalue weighted by molar-refractivity contribution is -0.105. The fourth-order valence-electron chi connectivity index (χ4n) is 0.829. The minimum Gasteiger partial charge on any atom is -0.506 e. The minimum absolute atomic E-state index is 0.0858. The minimum atomic E-state index is 0.0858. The van der Waals surface area contributed by atoms with Crippen molar-refractivity contribution in [2.24, 2.45) is 0 Å². The Morgan fingerprint density at radius 3 is 2.20 bits per heavy atom. The molecule has 15 heavy (non-hydrogen) atoms. The van der Waals surface area contributed by atoms with E-state index in [2.05, 4.69) is 5.32 Å². The number of anilines is 1. The van der Waals surface area contributed by atoms with E-state index in [4.69, 9.17) is 5.11 Å². The fraction of sp³-hybridized carbons (Fsp3) is 0.417. The Morgan fingerprint density at radius 2 is 1.73 bits per heavy atom. The highest BCUT2D eigenvalue weighted by atomic mass is 16.3. The lowest BCUT2D eigenvalue weighted by atomic mass is 10.2. The number of aryl methyl sites for hydroxylation is 1. The smallest absolute Gasteiger partial charge is 0.211 e. The lowest BCUT2D eigenvalue weighted by Crippen LogP contribution is -1.93. The summed E-state index contributed by atoms with van der Waals surface area (Å²) in [6.07, 6.45) is 0.536. The Balaban J connectivity index is 0. The molecule has 0 saturated heterocycles. The SMILES string of the molecule is CC.CC.Cc1ccc(O)c(NC=O)c1. The third kappa shape index (κ3) is 6.55. The number of phenolic OH excluding ortho intramolecular Hbond substituents is 1. The van der Waals surface area contributed by atoms with E-state index in [1.807, 2.05) is 34.6 Å². The highest BCUT2D eigenvalue weighted by molar-refractivity contribution is 5.75. The Hall–Kier alpha value is -1.51. The molecule has 0 radical (unpaired) electrons. The first-order valence-electron chi connectivity index (χ1n) is 5.24. The van der Waals surface area contributed by atoms with E-state index >= 15 is 0 Å². The molecule has 3 heteroatoms. The van der Waals surface area contributed by atoms with Crippen molar-refractivity contribution in [3.63, 3.8) is 0 Å². The van der Waals surface area contributed by atoms with Crippen molar-refractivity contribution < 1.29 is 9.90 Å². The van der Waals surface area contributed by atoms with Gasteiger partial charge in [-0.1, -0.05) is 33.8 Å². The molecule has 0 aromatic heterocycles. The van der Waals surface area contributed by atoms with E-state index in [-0.39, 0.29) is 5.75 Å². The van der Waals surface area contributed by atoms with Crippen molar-refractivity contribution in [1.29, 1.82) is 0 Å². The van der Waals surface area contributed by atoms with Gasteiger partial charge in [0.15, 0.2) is 0 Å². The molecule has 1 aromatic carbocycles. The van der Waals surface area contributed by atoms with Crippen LogP contribution in [0.25, 0.3) is 0 Å². The number of benzene rings is 1. The van der Waals surface area contributed by atoms with Gasteiger partial charge in [0, 0.05) is 0 Å². The van der Waals surface area contributed by atoms with Crippen LogP contribution in [0.2, 0.25) is 0 Å². The molecule has 0 aliphatic heterocycles. The van der Waals surface area contributed by atoms with Gasteiger partial charge in [-0.2, -0.15) is 0 Å². The molecular weight excluding hydrogens is 190 g/mol. The van der Waals surface area contributed by atoms with Crippen LogP contribution in [0.1, 0.15) is 33.3 Å². The number of rotatable bonds is 2. The summed E-state index contributed by atoms with van der Waals surface area (Å²) in [4.78, 5) is 10.0. The van der Waals surface area contributed by atoms with Crippen LogP contribution in [0.15, 0.2) is 18.2 Å². The average molecular weight is 211 g/mol. The van der Waals surface area contributed by atoms with E-state index < -0.39 is 0 Å². The highest BCUT2D eigenvalue weighted by Gasteiger charge is 1.97. The van der Waals surface area contributed by atoms with Gasteiger partial charge >= 0.3 is 0 Å². The Bertz CT molecular complexity index is 272. The first kappa shape index (κ1) is 15.9. The average Bonchev–Trinajstić information content (AvgIpc) is 2.29. The van der Waals surface area contributed by atoms with Crippen LogP contribution in [0, 0.1) is 6.92 Å². The Labute approximate surface area is 92.1 Å². The second-order valence-corrected chi connectivity index (χ2v) is 2.28.